The maximum absolute atomic E-state index is 14.0. The van der Waals surface area contributed by atoms with Gasteiger partial charge in [0.25, 0.3) is 0 Å². The van der Waals surface area contributed by atoms with Crippen LogP contribution in [0.15, 0.2) is 9.98 Å². The lowest BCUT2D eigenvalue weighted by molar-refractivity contribution is -0.135. The zero-order valence-electron chi connectivity index (χ0n) is 40.7. The molecule has 0 aliphatic rings. The molecule has 0 heterocycles. The second-order valence-corrected chi connectivity index (χ2v) is 17.6. The number of hydrogen-bond acceptors (Lipinski definition) is 12. The monoisotopic (exact) mass is 952 g/mol. The van der Waals surface area contributed by atoms with Crippen LogP contribution in [0.5, 0.6) is 0 Å². The van der Waals surface area contributed by atoms with Gasteiger partial charge in [0.15, 0.2) is 17.7 Å². The standard InChI is InChI=1S/C44H85N15O8/c1-6-7-8-9-10-11-12-20-35(62)55-31(19-16-25-53-44(50)51)40(65)59-37(28(4)5)42(67)57-32(17-13-14-23-45)39(64)56-30(18-15-24-52-43(48)49)33(60)22-21-29(46)38(63)58-36(27(2)3)41(66)54-26-34(47)61/h27-32,36-37H,6-26,45-46H2,1-5H3,(H2,47,61)(H,54,66)(H,55,62)(H,56,64)(H,57,67)(H,58,63)(H,59,65)(H4,48,49,52)(H4,50,51,53)/t29-,30-,31-,32-,36-,37-/m0/s1. The van der Waals surface area contributed by atoms with Crippen molar-refractivity contribution in [1.82, 2.24) is 31.9 Å². The third-order valence-corrected chi connectivity index (χ3v) is 10.8. The number of unbranched alkanes of at least 4 members (excludes halogenated alkanes) is 7. The Morgan fingerprint density at radius 3 is 1.51 bits per heavy atom. The molecular weight excluding hydrogens is 867 g/mol. The molecule has 0 fully saturated rings. The predicted octanol–water partition coefficient (Wildman–Crippen LogP) is -1.62. The molecule has 0 aliphatic heterocycles. The molecule has 0 aromatic rings. The lowest BCUT2D eigenvalue weighted by Crippen LogP contribution is -2.59. The van der Waals surface area contributed by atoms with Gasteiger partial charge in [0.05, 0.1) is 18.6 Å². The highest BCUT2D eigenvalue weighted by atomic mass is 16.2. The van der Waals surface area contributed by atoms with E-state index in [4.69, 9.17) is 40.1 Å². The predicted molar refractivity (Wildman–Crippen MR) is 259 cm³/mol. The largest absolute Gasteiger partial charge is 0.370 e. The van der Waals surface area contributed by atoms with Crippen LogP contribution in [0.1, 0.15) is 144 Å². The summed E-state index contributed by atoms with van der Waals surface area (Å²) in [6.45, 7) is 9.20. The molecule has 0 radical (unpaired) electrons. The molecule has 0 aliphatic carbocycles. The Kier molecular flexibility index (Phi) is 32.6. The molecule has 0 unspecified atom stereocenters. The number of guanidine groups is 2. The quantitative estimate of drug-likeness (QED) is 0.0188. The number of ketones is 1. The van der Waals surface area contributed by atoms with Crippen molar-refractivity contribution >= 4 is 59.1 Å². The number of amides is 7. The molecule has 384 valence electrons. The summed E-state index contributed by atoms with van der Waals surface area (Å²) in [7, 11) is 0. The van der Waals surface area contributed by atoms with Gasteiger partial charge < -0.3 is 72.0 Å². The fourth-order valence-electron chi connectivity index (χ4n) is 6.87. The maximum Gasteiger partial charge on any atom is 0.243 e. The first-order valence-corrected chi connectivity index (χ1v) is 23.8. The molecule has 67 heavy (non-hydrogen) atoms. The molecule has 20 N–H and O–H groups in total. The van der Waals surface area contributed by atoms with Gasteiger partial charge in [-0.1, -0.05) is 73.1 Å². The Bertz CT molecular complexity index is 1600. The van der Waals surface area contributed by atoms with Gasteiger partial charge >= 0.3 is 0 Å². The summed E-state index contributed by atoms with van der Waals surface area (Å²) in [6, 6.07) is -6.68. The van der Waals surface area contributed by atoms with E-state index in [1.165, 1.54) is 6.42 Å². The summed E-state index contributed by atoms with van der Waals surface area (Å²) in [4.78, 5) is 113. The molecule has 0 saturated carbocycles. The Morgan fingerprint density at radius 2 is 0.970 bits per heavy atom. The van der Waals surface area contributed by atoms with E-state index in [1.807, 2.05) is 0 Å². The van der Waals surface area contributed by atoms with Crippen LogP contribution in [-0.2, 0) is 38.4 Å². The van der Waals surface area contributed by atoms with Crippen molar-refractivity contribution in [3.63, 3.8) is 0 Å². The van der Waals surface area contributed by atoms with Crippen LogP contribution >= 0.6 is 0 Å². The second-order valence-electron chi connectivity index (χ2n) is 17.6. The SMILES string of the molecule is CCCCCCCCCC(=O)N[C@@H](CCCN=C(N)N)C(=O)N[C@H](C(=O)N[C@@H](CCCCN)C(=O)N[C@@H](CCCN=C(N)N)C(=O)CC[C@H](N)C(=O)N[C@H](C(=O)NCC(N)=O)C(C)C)C(C)C. The van der Waals surface area contributed by atoms with Crippen LogP contribution in [0.25, 0.3) is 0 Å². The molecular formula is C44H85N15O8. The highest BCUT2D eigenvalue weighted by Crippen LogP contribution is 2.13. The zero-order valence-corrected chi connectivity index (χ0v) is 40.7. The molecule has 23 nitrogen and oxygen atoms in total. The van der Waals surface area contributed by atoms with Crippen molar-refractivity contribution in [3.05, 3.63) is 0 Å². The Balaban J connectivity index is 6.19. The minimum atomic E-state index is -1.23. The number of rotatable bonds is 38. The normalized spacial score (nSPS) is 13.7. The van der Waals surface area contributed by atoms with E-state index < -0.39 is 89.9 Å². The first-order chi connectivity index (χ1) is 31.6. The van der Waals surface area contributed by atoms with E-state index in [9.17, 15) is 38.4 Å². The van der Waals surface area contributed by atoms with Crippen LogP contribution in [0.4, 0.5) is 0 Å². The fourth-order valence-corrected chi connectivity index (χ4v) is 6.87. The third-order valence-electron chi connectivity index (χ3n) is 10.8. The van der Waals surface area contributed by atoms with E-state index in [1.54, 1.807) is 27.7 Å². The second kappa shape index (κ2) is 35.6. The summed E-state index contributed by atoms with van der Waals surface area (Å²) in [5.74, 6) is -5.96. The molecule has 7 amide bonds. The van der Waals surface area contributed by atoms with Crippen LogP contribution < -0.4 is 72.0 Å². The Labute approximate surface area is 396 Å². The molecule has 0 saturated heterocycles. The molecule has 0 aromatic carbocycles. The average molecular weight is 952 g/mol. The van der Waals surface area contributed by atoms with Crippen molar-refractivity contribution in [3.8, 4) is 0 Å². The average Bonchev–Trinajstić information content (AvgIpc) is 3.26. The number of nitrogens with one attached hydrogen (secondary N) is 6. The van der Waals surface area contributed by atoms with E-state index in [0.717, 1.165) is 32.1 Å². The van der Waals surface area contributed by atoms with Gasteiger partial charge in [-0.2, -0.15) is 0 Å². The number of carbonyl (C=O) groups excluding carboxylic acids is 8. The van der Waals surface area contributed by atoms with Crippen molar-refractivity contribution in [1.29, 1.82) is 0 Å². The minimum absolute atomic E-state index is 0.0850. The van der Waals surface area contributed by atoms with Gasteiger partial charge in [-0.15, -0.1) is 0 Å². The number of carbonyl (C=O) groups is 8. The Morgan fingerprint density at radius 1 is 0.493 bits per heavy atom. The minimum Gasteiger partial charge on any atom is -0.370 e. The first kappa shape index (κ1) is 61.4. The van der Waals surface area contributed by atoms with E-state index >= 15 is 0 Å². The maximum atomic E-state index is 14.0. The molecule has 6 atom stereocenters. The van der Waals surface area contributed by atoms with Gasteiger partial charge in [0.1, 0.15) is 24.2 Å². The zero-order chi connectivity index (χ0) is 50.9. The third kappa shape index (κ3) is 28.9. The van der Waals surface area contributed by atoms with Crippen molar-refractivity contribution < 1.29 is 38.4 Å². The smallest absolute Gasteiger partial charge is 0.243 e. The summed E-state index contributed by atoms with van der Waals surface area (Å²) in [6.07, 6.45) is 8.96. The van der Waals surface area contributed by atoms with Gasteiger partial charge in [0, 0.05) is 25.9 Å². The summed E-state index contributed by atoms with van der Waals surface area (Å²) < 4.78 is 0. The Hall–Kier alpha value is -5.58. The molecule has 0 aromatic heterocycles. The number of hydrogen-bond donors (Lipinski definition) is 13. The first-order valence-electron chi connectivity index (χ1n) is 23.8. The van der Waals surface area contributed by atoms with Crippen molar-refractivity contribution in [2.45, 2.75) is 180 Å². The summed E-state index contributed by atoms with van der Waals surface area (Å²) in [5, 5.41) is 16.0. The van der Waals surface area contributed by atoms with Gasteiger partial charge in [-0.05, 0) is 76.2 Å². The summed E-state index contributed by atoms with van der Waals surface area (Å²) in [5.41, 5.74) is 38.9. The lowest BCUT2D eigenvalue weighted by Gasteiger charge is -2.28. The summed E-state index contributed by atoms with van der Waals surface area (Å²) >= 11 is 0. The number of nitrogens with zero attached hydrogens (tertiary/aromatic N) is 2. The topological polar surface area (TPSA) is 416 Å². The molecule has 23 heteroatoms. The van der Waals surface area contributed by atoms with Gasteiger partial charge in [0.2, 0.25) is 41.4 Å². The number of nitrogens with two attached hydrogens (primary N) is 7. The van der Waals surface area contributed by atoms with Crippen molar-refractivity contribution in [2.75, 3.05) is 26.2 Å². The van der Waals surface area contributed by atoms with Crippen LogP contribution in [0.3, 0.4) is 0 Å². The van der Waals surface area contributed by atoms with E-state index in [2.05, 4.69) is 48.8 Å². The van der Waals surface area contributed by atoms with Crippen LogP contribution in [0, 0.1) is 11.8 Å². The highest BCUT2D eigenvalue weighted by Gasteiger charge is 2.33. The number of aliphatic imine (C=N–C) groups is 2. The highest BCUT2D eigenvalue weighted by molar-refractivity contribution is 5.96. The van der Waals surface area contributed by atoms with Gasteiger partial charge in [-0.3, -0.25) is 48.3 Å². The molecule has 0 spiro atoms. The van der Waals surface area contributed by atoms with E-state index in [-0.39, 0.29) is 81.8 Å². The van der Waals surface area contributed by atoms with Crippen molar-refractivity contribution in [2.24, 2.45) is 62.0 Å². The van der Waals surface area contributed by atoms with Crippen LogP contribution in [-0.4, -0.2) is 121 Å². The molecule has 0 bridgehead atoms. The van der Waals surface area contributed by atoms with Crippen LogP contribution in [0.2, 0.25) is 0 Å². The fraction of sp³-hybridized carbons (Fsp3) is 0.773. The van der Waals surface area contributed by atoms with Gasteiger partial charge in [-0.25, -0.2) is 0 Å². The number of Topliss-reactive ketones (excluding diaryl/α,β-unsaturated/α-hetero) is 1. The van der Waals surface area contributed by atoms with E-state index in [0.29, 0.717) is 32.2 Å². The molecule has 0 rings (SSSR count). The lowest BCUT2D eigenvalue weighted by atomic mass is 9.98. The number of primary amides is 1.